The molecule has 2 rings (SSSR count). The third-order valence-corrected chi connectivity index (χ3v) is 2.13. The quantitative estimate of drug-likeness (QED) is 0.736. The number of rotatable bonds is 1. The first-order valence-corrected chi connectivity index (χ1v) is 4.45. The van der Waals surface area contributed by atoms with Gasteiger partial charge in [-0.05, 0) is 37.6 Å². The van der Waals surface area contributed by atoms with E-state index in [-0.39, 0.29) is 5.82 Å². The van der Waals surface area contributed by atoms with Crippen molar-refractivity contribution in [2.24, 2.45) is 0 Å². The van der Waals surface area contributed by atoms with Crippen molar-refractivity contribution in [2.75, 3.05) is 0 Å². The number of hydrogen-bond acceptors (Lipinski definition) is 1. The minimum absolute atomic E-state index is 0.183. The minimum Gasteiger partial charge on any atom is -0.342 e. The van der Waals surface area contributed by atoms with Gasteiger partial charge in [0.1, 0.15) is 11.6 Å². The third kappa shape index (κ3) is 1.53. The number of aromatic nitrogens is 2. The molecule has 3 heteroatoms. The molecule has 0 amide bonds. The highest BCUT2D eigenvalue weighted by Crippen LogP contribution is 2.18. The van der Waals surface area contributed by atoms with E-state index in [0.717, 1.165) is 17.1 Å². The summed E-state index contributed by atoms with van der Waals surface area (Å²) < 4.78 is 13.0. The normalized spacial score (nSPS) is 10.5. The summed E-state index contributed by atoms with van der Waals surface area (Å²) in [7, 11) is 0. The average molecular weight is 190 g/mol. The highest BCUT2D eigenvalue weighted by molar-refractivity contribution is 5.56. The first kappa shape index (κ1) is 8.94. The standard InChI is InChI=1S/C11H11FN2/c1-7-5-9(3-4-10(7)12)11-13-6-8(2)14-11/h3-6H,1-2H3,(H,13,14). The lowest BCUT2D eigenvalue weighted by atomic mass is 10.1. The Hall–Kier alpha value is -1.64. The molecule has 0 fully saturated rings. The van der Waals surface area contributed by atoms with Crippen LogP contribution in [0.5, 0.6) is 0 Å². The van der Waals surface area contributed by atoms with Crippen molar-refractivity contribution in [3.8, 4) is 11.4 Å². The number of halogens is 1. The van der Waals surface area contributed by atoms with Crippen molar-refractivity contribution < 1.29 is 4.39 Å². The van der Waals surface area contributed by atoms with Gasteiger partial charge in [0, 0.05) is 17.5 Å². The summed E-state index contributed by atoms with van der Waals surface area (Å²) in [5, 5.41) is 0. The molecule has 1 aromatic heterocycles. The highest BCUT2D eigenvalue weighted by atomic mass is 19.1. The zero-order chi connectivity index (χ0) is 10.1. The molecule has 0 aliphatic heterocycles. The number of nitrogens with zero attached hydrogens (tertiary/aromatic N) is 1. The summed E-state index contributed by atoms with van der Waals surface area (Å²) >= 11 is 0. The smallest absolute Gasteiger partial charge is 0.137 e. The number of benzene rings is 1. The molecule has 1 aromatic carbocycles. The van der Waals surface area contributed by atoms with Crippen molar-refractivity contribution in [2.45, 2.75) is 13.8 Å². The van der Waals surface area contributed by atoms with Crippen LogP contribution in [0.15, 0.2) is 24.4 Å². The second-order valence-corrected chi connectivity index (χ2v) is 3.38. The van der Waals surface area contributed by atoms with Crippen LogP contribution in [-0.4, -0.2) is 9.97 Å². The molecule has 0 spiro atoms. The van der Waals surface area contributed by atoms with E-state index in [2.05, 4.69) is 9.97 Å². The zero-order valence-electron chi connectivity index (χ0n) is 8.13. The van der Waals surface area contributed by atoms with Crippen molar-refractivity contribution in [3.63, 3.8) is 0 Å². The summed E-state index contributed by atoms with van der Waals surface area (Å²) in [6.07, 6.45) is 1.76. The van der Waals surface area contributed by atoms with Crippen LogP contribution in [0.4, 0.5) is 4.39 Å². The lowest BCUT2D eigenvalue weighted by molar-refractivity contribution is 0.618. The van der Waals surface area contributed by atoms with E-state index in [9.17, 15) is 4.39 Å². The molecule has 0 atom stereocenters. The van der Waals surface area contributed by atoms with Gasteiger partial charge in [-0.25, -0.2) is 9.37 Å². The van der Waals surface area contributed by atoms with Crippen LogP contribution in [0, 0.1) is 19.7 Å². The van der Waals surface area contributed by atoms with Crippen LogP contribution < -0.4 is 0 Å². The van der Waals surface area contributed by atoms with Crippen LogP contribution in [0.2, 0.25) is 0 Å². The van der Waals surface area contributed by atoms with E-state index in [1.54, 1.807) is 25.3 Å². The van der Waals surface area contributed by atoms with Crippen molar-refractivity contribution in [1.29, 1.82) is 0 Å². The fourth-order valence-corrected chi connectivity index (χ4v) is 1.35. The highest BCUT2D eigenvalue weighted by Gasteiger charge is 2.03. The van der Waals surface area contributed by atoms with Gasteiger partial charge in [0.05, 0.1) is 0 Å². The van der Waals surface area contributed by atoms with E-state index < -0.39 is 0 Å². The predicted molar refractivity (Wildman–Crippen MR) is 53.5 cm³/mol. The molecular formula is C11H11FN2. The number of H-pyrrole nitrogens is 1. The van der Waals surface area contributed by atoms with E-state index in [1.807, 2.05) is 6.92 Å². The Morgan fingerprint density at radius 2 is 2.07 bits per heavy atom. The monoisotopic (exact) mass is 190 g/mol. The number of nitrogens with one attached hydrogen (secondary N) is 1. The molecule has 0 aliphatic rings. The van der Waals surface area contributed by atoms with Gasteiger partial charge >= 0.3 is 0 Å². The van der Waals surface area contributed by atoms with E-state index in [4.69, 9.17) is 0 Å². The maximum absolute atomic E-state index is 13.0. The van der Waals surface area contributed by atoms with Gasteiger partial charge in [-0.3, -0.25) is 0 Å². The first-order valence-electron chi connectivity index (χ1n) is 4.45. The summed E-state index contributed by atoms with van der Waals surface area (Å²) in [6, 6.07) is 4.97. The maximum atomic E-state index is 13.0. The van der Waals surface area contributed by atoms with Gasteiger partial charge in [-0.15, -0.1) is 0 Å². The number of hydrogen-bond donors (Lipinski definition) is 1. The summed E-state index contributed by atoms with van der Waals surface area (Å²) in [5.74, 6) is 0.600. The fraction of sp³-hybridized carbons (Fsp3) is 0.182. The number of imidazole rings is 1. The zero-order valence-corrected chi connectivity index (χ0v) is 8.13. The Labute approximate surface area is 81.8 Å². The van der Waals surface area contributed by atoms with Gasteiger partial charge in [0.15, 0.2) is 0 Å². The predicted octanol–water partition coefficient (Wildman–Crippen LogP) is 2.83. The largest absolute Gasteiger partial charge is 0.342 e. The molecule has 0 saturated heterocycles. The summed E-state index contributed by atoms with van der Waals surface area (Å²) in [5.41, 5.74) is 2.55. The molecule has 0 unspecified atom stereocenters. The molecule has 14 heavy (non-hydrogen) atoms. The number of aromatic amines is 1. The SMILES string of the molecule is Cc1cnc(-c2ccc(F)c(C)c2)[nH]1. The molecule has 1 heterocycles. The average Bonchev–Trinajstić information content (AvgIpc) is 2.57. The van der Waals surface area contributed by atoms with Gasteiger partial charge in [-0.2, -0.15) is 0 Å². The van der Waals surface area contributed by atoms with Crippen LogP contribution >= 0.6 is 0 Å². The van der Waals surface area contributed by atoms with Gasteiger partial charge < -0.3 is 4.98 Å². The van der Waals surface area contributed by atoms with Crippen LogP contribution in [-0.2, 0) is 0 Å². The van der Waals surface area contributed by atoms with Crippen LogP contribution in [0.25, 0.3) is 11.4 Å². The van der Waals surface area contributed by atoms with Crippen molar-refractivity contribution >= 4 is 0 Å². The van der Waals surface area contributed by atoms with Crippen molar-refractivity contribution in [1.82, 2.24) is 9.97 Å². The van der Waals surface area contributed by atoms with Crippen LogP contribution in [0.1, 0.15) is 11.3 Å². The topological polar surface area (TPSA) is 28.7 Å². The Balaban J connectivity index is 2.47. The Kier molecular flexibility index (Phi) is 2.08. The fourth-order valence-electron chi connectivity index (χ4n) is 1.35. The van der Waals surface area contributed by atoms with Gasteiger partial charge in [0.2, 0.25) is 0 Å². The number of aryl methyl sites for hydroxylation is 2. The Bertz CT molecular complexity index is 460. The van der Waals surface area contributed by atoms with E-state index >= 15 is 0 Å². The Morgan fingerprint density at radius 3 is 2.64 bits per heavy atom. The molecule has 0 bridgehead atoms. The Morgan fingerprint density at radius 1 is 1.29 bits per heavy atom. The molecule has 72 valence electrons. The second-order valence-electron chi connectivity index (χ2n) is 3.38. The summed E-state index contributed by atoms with van der Waals surface area (Å²) in [6.45, 7) is 3.68. The molecule has 2 nitrogen and oxygen atoms in total. The van der Waals surface area contributed by atoms with Crippen LogP contribution in [0.3, 0.4) is 0 Å². The second kappa shape index (κ2) is 3.25. The third-order valence-electron chi connectivity index (χ3n) is 2.13. The van der Waals surface area contributed by atoms with Gasteiger partial charge in [-0.1, -0.05) is 0 Å². The molecular weight excluding hydrogens is 179 g/mol. The molecule has 1 N–H and O–H groups in total. The first-order chi connectivity index (χ1) is 6.66. The lowest BCUT2D eigenvalue weighted by Gasteiger charge is -1.99. The molecule has 0 aliphatic carbocycles. The van der Waals surface area contributed by atoms with Gasteiger partial charge in [0.25, 0.3) is 0 Å². The maximum Gasteiger partial charge on any atom is 0.137 e. The van der Waals surface area contributed by atoms with E-state index in [0.29, 0.717) is 5.56 Å². The van der Waals surface area contributed by atoms with Crippen molar-refractivity contribution in [3.05, 3.63) is 41.5 Å². The minimum atomic E-state index is -0.183. The molecule has 0 saturated carbocycles. The summed E-state index contributed by atoms with van der Waals surface area (Å²) in [4.78, 5) is 7.28. The lowest BCUT2D eigenvalue weighted by Crippen LogP contribution is -1.85. The molecule has 0 radical (unpaired) electrons. The van der Waals surface area contributed by atoms with E-state index in [1.165, 1.54) is 6.07 Å². The molecule has 2 aromatic rings.